The van der Waals surface area contributed by atoms with E-state index in [1.165, 1.54) is 24.5 Å². The molecule has 1 heterocycles. The number of ether oxygens (including phenoxy) is 3. The number of rotatable bonds is 9. The molecular weight excluding hydrogens is 414 g/mol. The molecule has 0 aliphatic carbocycles. The molecule has 0 saturated carbocycles. The molecule has 0 unspecified atom stereocenters. The molecular formula is C24H25NO5S. The quantitative estimate of drug-likeness (QED) is 0.489. The maximum atomic E-state index is 12.3. The van der Waals surface area contributed by atoms with E-state index in [9.17, 15) is 9.90 Å². The Hall–Kier alpha value is -3.29. The highest BCUT2D eigenvalue weighted by atomic mass is 32.1. The highest BCUT2D eigenvalue weighted by Crippen LogP contribution is 2.38. The van der Waals surface area contributed by atoms with Crippen molar-refractivity contribution in [1.29, 1.82) is 0 Å². The van der Waals surface area contributed by atoms with Gasteiger partial charge in [-0.3, -0.25) is 4.79 Å². The summed E-state index contributed by atoms with van der Waals surface area (Å²) in [7, 11) is 4.63. The number of carbonyl (C=O) groups excluding carboxylic acids is 1. The van der Waals surface area contributed by atoms with Crippen molar-refractivity contribution >= 4 is 23.3 Å². The van der Waals surface area contributed by atoms with Crippen LogP contribution in [0.1, 0.15) is 27.0 Å². The zero-order valence-corrected chi connectivity index (χ0v) is 18.4. The van der Waals surface area contributed by atoms with E-state index < -0.39 is 6.10 Å². The molecule has 0 saturated heterocycles. The monoisotopic (exact) mass is 439 g/mol. The summed E-state index contributed by atoms with van der Waals surface area (Å²) in [6.45, 7) is 0.380. The summed E-state index contributed by atoms with van der Waals surface area (Å²) in [5.74, 6) is 1.31. The molecule has 162 valence electrons. The smallest absolute Gasteiger partial charge is 0.244 e. The normalized spacial score (nSPS) is 11.9. The lowest BCUT2D eigenvalue weighted by molar-refractivity contribution is -0.116. The van der Waals surface area contributed by atoms with E-state index in [0.29, 0.717) is 23.8 Å². The Kier molecular flexibility index (Phi) is 7.70. The second-order valence-corrected chi connectivity index (χ2v) is 7.83. The van der Waals surface area contributed by atoms with Crippen molar-refractivity contribution in [2.24, 2.45) is 0 Å². The van der Waals surface area contributed by atoms with Crippen LogP contribution in [0.5, 0.6) is 17.2 Å². The molecule has 3 rings (SSSR count). The summed E-state index contributed by atoms with van der Waals surface area (Å²) in [5, 5.41) is 13.4. The fourth-order valence-electron chi connectivity index (χ4n) is 3.04. The van der Waals surface area contributed by atoms with Gasteiger partial charge < -0.3 is 24.6 Å². The van der Waals surface area contributed by atoms with Crippen LogP contribution in [-0.4, -0.2) is 32.3 Å². The van der Waals surface area contributed by atoms with Crippen molar-refractivity contribution in [3.05, 3.63) is 81.6 Å². The number of carbonyl (C=O) groups is 1. The van der Waals surface area contributed by atoms with Crippen LogP contribution >= 0.6 is 11.3 Å². The largest absolute Gasteiger partial charge is 0.493 e. The molecule has 1 atom stereocenters. The van der Waals surface area contributed by atoms with Crippen LogP contribution in [0.15, 0.2) is 60.7 Å². The zero-order chi connectivity index (χ0) is 22.2. The average Bonchev–Trinajstić information content (AvgIpc) is 3.29. The first kappa shape index (κ1) is 22.4. The first-order valence-electron chi connectivity index (χ1n) is 9.63. The molecule has 1 amide bonds. The minimum Gasteiger partial charge on any atom is -0.493 e. The molecule has 7 heteroatoms. The molecule has 0 aliphatic heterocycles. The van der Waals surface area contributed by atoms with Crippen LogP contribution in [0.3, 0.4) is 0 Å². The Morgan fingerprint density at radius 3 is 2.32 bits per heavy atom. The zero-order valence-electron chi connectivity index (χ0n) is 17.6. The van der Waals surface area contributed by atoms with Crippen molar-refractivity contribution in [2.75, 3.05) is 21.3 Å². The van der Waals surface area contributed by atoms with Crippen LogP contribution in [0.2, 0.25) is 0 Å². The second kappa shape index (κ2) is 10.7. The average molecular weight is 440 g/mol. The lowest BCUT2D eigenvalue weighted by atomic mass is 10.1. The summed E-state index contributed by atoms with van der Waals surface area (Å²) in [6, 6.07) is 16.8. The summed E-state index contributed by atoms with van der Waals surface area (Å²) in [4.78, 5) is 14.0. The fraction of sp³-hybridized carbons (Fsp3) is 0.208. The van der Waals surface area contributed by atoms with Crippen molar-refractivity contribution in [3.63, 3.8) is 0 Å². The van der Waals surface area contributed by atoms with Gasteiger partial charge in [0.25, 0.3) is 0 Å². The topological polar surface area (TPSA) is 77.0 Å². The second-order valence-electron chi connectivity index (χ2n) is 6.63. The molecule has 6 nitrogen and oxygen atoms in total. The van der Waals surface area contributed by atoms with E-state index in [1.807, 2.05) is 42.5 Å². The van der Waals surface area contributed by atoms with Gasteiger partial charge in [0, 0.05) is 15.8 Å². The number of amides is 1. The molecule has 0 radical (unpaired) electrons. The van der Waals surface area contributed by atoms with Gasteiger partial charge in [0.15, 0.2) is 11.5 Å². The van der Waals surface area contributed by atoms with Gasteiger partial charge in [-0.25, -0.2) is 0 Å². The standard InChI is InChI=1S/C24H25NO5S/c1-28-19-13-16(14-20(29-2)24(19)30-3)9-12-22(26)25-15-18-10-11-21(31-18)23(27)17-7-5-4-6-8-17/h4-14,23,27H,15H2,1-3H3,(H,25,26)/b12-9+/t23-/m0/s1. The molecule has 31 heavy (non-hydrogen) atoms. The van der Waals surface area contributed by atoms with Gasteiger partial charge in [-0.2, -0.15) is 0 Å². The molecule has 1 aromatic heterocycles. The molecule has 2 aromatic carbocycles. The van der Waals surface area contributed by atoms with E-state index in [1.54, 1.807) is 32.4 Å². The molecule has 0 spiro atoms. The van der Waals surface area contributed by atoms with E-state index in [0.717, 1.165) is 20.9 Å². The molecule has 3 aromatic rings. The maximum absolute atomic E-state index is 12.3. The van der Waals surface area contributed by atoms with Gasteiger partial charge in [0.05, 0.1) is 27.9 Å². The van der Waals surface area contributed by atoms with Crippen molar-refractivity contribution in [1.82, 2.24) is 5.32 Å². The van der Waals surface area contributed by atoms with Gasteiger partial charge in [-0.1, -0.05) is 30.3 Å². The van der Waals surface area contributed by atoms with Crippen LogP contribution in [0.4, 0.5) is 0 Å². The number of nitrogens with one attached hydrogen (secondary N) is 1. The third-order valence-corrected chi connectivity index (χ3v) is 5.76. The highest BCUT2D eigenvalue weighted by Gasteiger charge is 2.14. The Morgan fingerprint density at radius 1 is 1.03 bits per heavy atom. The van der Waals surface area contributed by atoms with Gasteiger partial charge >= 0.3 is 0 Å². The van der Waals surface area contributed by atoms with E-state index >= 15 is 0 Å². The number of benzene rings is 2. The van der Waals surface area contributed by atoms with Crippen LogP contribution < -0.4 is 19.5 Å². The summed E-state index contributed by atoms with van der Waals surface area (Å²) >= 11 is 1.47. The first-order chi connectivity index (χ1) is 15.0. The molecule has 0 aliphatic rings. The van der Waals surface area contributed by atoms with Gasteiger partial charge in [0.1, 0.15) is 6.10 Å². The minimum atomic E-state index is -0.671. The van der Waals surface area contributed by atoms with Gasteiger partial charge in [-0.15, -0.1) is 11.3 Å². The third kappa shape index (κ3) is 5.65. The van der Waals surface area contributed by atoms with E-state index in [4.69, 9.17) is 14.2 Å². The highest BCUT2D eigenvalue weighted by molar-refractivity contribution is 7.12. The number of thiophene rings is 1. The lowest BCUT2D eigenvalue weighted by Gasteiger charge is -2.12. The van der Waals surface area contributed by atoms with Crippen molar-refractivity contribution in [3.8, 4) is 17.2 Å². The third-order valence-electron chi connectivity index (χ3n) is 4.62. The van der Waals surface area contributed by atoms with Crippen molar-refractivity contribution in [2.45, 2.75) is 12.6 Å². The Balaban J connectivity index is 1.61. The van der Waals surface area contributed by atoms with Gasteiger partial charge in [0.2, 0.25) is 11.7 Å². The Morgan fingerprint density at radius 2 is 1.71 bits per heavy atom. The van der Waals surface area contributed by atoms with Crippen molar-refractivity contribution < 1.29 is 24.1 Å². The lowest BCUT2D eigenvalue weighted by Crippen LogP contribution is -2.19. The summed E-state index contributed by atoms with van der Waals surface area (Å²) < 4.78 is 16.0. The number of hydrogen-bond donors (Lipinski definition) is 2. The Bertz CT molecular complexity index is 1020. The maximum Gasteiger partial charge on any atom is 0.244 e. The van der Waals surface area contributed by atoms with Crippen LogP contribution in [-0.2, 0) is 11.3 Å². The van der Waals surface area contributed by atoms with Crippen LogP contribution in [0, 0.1) is 0 Å². The first-order valence-corrected chi connectivity index (χ1v) is 10.4. The Labute approximate surface area is 185 Å². The summed E-state index contributed by atoms with van der Waals surface area (Å²) in [5.41, 5.74) is 1.59. The predicted octanol–water partition coefficient (Wildman–Crippen LogP) is 4.19. The molecule has 0 fully saturated rings. The molecule has 0 bridgehead atoms. The SMILES string of the molecule is COc1cc(/C=C/C(=O)NCc2ccc([C@@H](O)c3ccccc3)s2)cc(OC)c1OC. The van der Waals surface area contributed by atoms with Crippen LogP contribution in [0.25, 0.3) is 6.08 Å². The van der Waals surface area contributed by atoms with E-state index in [-0.39, 0.29) is 5.91 Å². The number of methoxy groups -OCH3 is 3. The van der Waals surface area contributed by atoms with E-state index in [2.05, 4.69) is 5.32 Å². The predicted molar refractivity (Wildman–Crippen MR) is 122 cm³/mol. The number of aliphatic hydroxyl groups excluding tert-OH is 1. The fourth-order valence-corrected chi connectivity index (χ4v) is 4.01. The minimum absolute atomic E-state index is 0.229. The number of aliphatic hydroxyl groups is 1. The number of hydrogen-bond acceptors (Lipinski definition) is 6. The van der Waals surface area contributed by atoms with Gasteiger partial charge in [-0.05, 0) is 41.5 Å². The molecule has 2 N–H and O–H groups in total. The summed E-state index contributed by atoms with van der Waals surface area (Å²) in [6.07, 6.45) is 2.46.